The molecular weight excluding hydrogens is 386 g/mol. The Balaban J connectivity index is 1.27. The van der Waals surface area contributed by atoms with E-state index in [-0.39, 0.29) is 23.7 Å². The summed E-state index contributed by atoms with van der Waals surface area (Å²) in [5, 5.41) is 4.26. The third-order valence-corrected chi connectivity index (χ3v) is 6.78. The zero-order valence-corrected chi connectivity index (χ0v) is 17.8. The second-order valence-corrected chi connectivity index (χ2v) is 8.95. The number of para-hydroxylation sites is 1. The van der Waals surface area contributed by atoms with Gasteiger partial charge in [-0.1, -0.05) is 43.2 Å². The molecule has 1 saturated heterocycles. The molecule has 1 saturated carbocycles. The number of aromatic amines is 1. The van der Waals surface area contributed by atoms with Gasteiger partial charge in [-0.15, -0.1) is 0 Å². The summed E-state index contributed by atoms with van der Waals surface area (Å²) >= 11 is 0. The van der Waals surface area contributed by atoms with Gasteiger partial charge >= 0.3 is 0 Å². The van der Waals surface area contributed by atoms with Crippen LogP contribution >= 0.6 is 0 Å². The maximum absolute atomic E-state index is 13.0. The van der Waals surface area contributed by atoms with Crippen LogP contribution < -0.4 is 5.32 Å². The Morgan fingerprint density at radius 1 is 0.903 bits per heavy atom. The van der Waals surface area contributed by atoms with Crippen LogP contribution in [-0.4, -0.2) is 34.8 Å². The number of rotatable bonds is 4. The molecule has 0 spiro atoms. The van der Waals surface area contributed by atoms with Crippen LogP contribution in [-0.2, 0) is 9.59 Å². The van der Waals surface area contributed by atoms with Crippen molar-refractivity contribution in [3.05, 3.63) is 54.6 Å². The van der Waals surface area contributed by atoms with E-state index in [0.29, 0.717) is 6.54 Å². The molecule has 2 N–H and O–H groups in total. The van der Waals surface area contributed by atoms with Gasteiger partial charge in [-0.05, 0) is 49.9 Å². The Morgan fingerprint density at radius 2 is 1.71 bits per heavy atom. The van der Waals surface area contributed by atoms with Crippen molar-refractivity contribution >= 4 is 28.4 Å². The Labute approximate surface area is 182 Å². The van der Waals surface area contributed by atoms with Crippen molar-refractivity contribution in [2.24, 2.45) is 11.8 Å². The van der Waals surface area contributed by atoms with Gasteiger partial charge in [0.15, 0.2) is 0 Å². The van der Waals surface area contributed by atoms with Gasteiger partial charge in [-0.25, -0.2) is 0 Å². The zero-order valence-electron chi connectivity index (χ0n) is 17.8. The molecule has 5 heteroatoms. The SMILES string of the molecule is O=C(Nc1cccc(-c2cc3ccccc3[nH]2)c1)[C@@H]1CCCN(C(=O)C2CCCC2)C1. The molecule has 2 heterocycles. The van der Waals surface area contributed by atoms with E-state index in [1.165, 1.54) is 5.39 Å². The van der Waals surface area contributed by atoms with Gasteiger partial charge in [0, 0.05) is 46.9 Å². The van der Waals surface area contributed by atoms with Crippen molar-refractivity contribution in [2.75, 3.05) is 18.4 Å². The minimum atomic E-state index is -0.143. The van der Waals surface area contributed by atoms with Crippen LogP contribution in [0.1, 0.15) is 38.5 Å². The molecular formula is C26H29N3O2. The van der Waals surface area contributed by atoms with Gasteiger partial charge < -0.3 is 15.2 Å². The Bertz CT molecular complexity index is 1060. The molecule has 0 bridgehead atoms. The molecule has 160 valence electrons. The third-order valence-electron chi connectivity index (χ3n) is 6.78. The molecule has 2 amide bonds. The Kier molecular flexibility index (Phi) is 5.49. The van der Waals surface area contributed by atoms with Crippen molar-refractivity contribution in [1.29, 1.82) is 0 Å². The van der Waals surface area contributed by atoms with Crippen LogP contribution in [0.25, 0.3) is 22.2 Å². The average molecular weight is 416 g/mol. The molecule has 0 unspecified atom stereocenters. The van der Waals surface area contributed by atoms with Crippen LogP contribution in [0, 0.1) is 11.8 Å². The molecule has 5 rings (SSSR count). The van der Waals surface area contributed by atoms with Crippen LogP contribution in [0.15, 0.2) is 54.6 Å². The number of benzene rings is 2. The van der Waals surface area contributed by atoms with Gasteiger partial charge in [0.05, 0.1) is 5.92 Å². The number of carbonyl (C=O) groups excluding carboxylic acids is 2. The first-order chi connectivity index (χ1) is 15.2. The number of amides is 2. The predicted molar refractivity (Wildman–Crippen MR) is 124 cm³/mol. The van der Waals surface area contributed by atoms with E-state index in [1.54, 1.807) is 0 Å². The van der Waals surface area contributed by atoms with Crippen molar-refractivity contribution in [3.8, 4) is 11.3 Å². The topological polar surface area (TPSA) is 65.2 Å². The first-order valence-electron chi connectivity index (χ1n) is 11.5. The van der Waals surface area contributed by atoms with Crippen LogP contribution in [0.3, 0.4) is 0 Å². The number of hydrogen-bond acceptors (Lipinski definition) is 2. The number of likely N-dealkylation sites (tertiary alicyclic amines) is 1. The van der Waals surface area contributed by atoms with E-state index in [0.717, 1.165) is 67.5 Å². The molecule has 2 aromatic carbocycles. The smallest absolute Gasteiger partial charge is 0.229 e. The van der Waals surface area contributed by atoms with E-state index in [2.05, 4.69) is 28.5 Å². The van der Waals surface area contributed by atoms with E-state index < -0.39 is 0 Å². The molecule has 1 atom stereocenters. The molecule has 5 nitrogen and oxygen atoms in total. The number of H-pyrrole nitrogens is 1. The molecule has 1 aromatic heterocycles. The summed E-state index contributed by atoms with van der Waals surface area (Å²) in [5.41, 5.74) is 3.96. The van der Waals surface area contributed by atoms with Crippen LogP contribution in [0.5, 0.6) is 0 Å². The molecule has 2 aliphatic rings. The highest BCUT2D eigenvalue weighted by atomic mass is 16.2. The molecule has 31 heavy (non-hydrogen) atoms. The maximum Gasteiger partial charge on any atom is 0.229 e. The summed E-state index contributed by atoms with van der Waals surface area (Å²) < 4.78 is 0. The number of hydrogen-bond donors (Lipinski definition) is 2. The predicted octanol–water partition coefficient (Wildman–Crippen LogP) is 5.20. The van der Waals surface area contributed by atoms with Crippen molar-refractivity contribution < 1.29 is 9.59 Å². The van der Waals surface area contributed by atoms with Crippen LogP contribution in [0.4, 0.5) is 5.69 Å². The number of fused-ring (bicyclic) bond motifs is 1. The first-order valence-corrected chi connectivity index (χ1v) is 11.5. The number of piperidine rings is 1. The largest absolute Gasteiger partial charge is 0.355 e. The van der Waals surface area contributed by atoms with E-state index in [4.69, 9.17) is 0 Å². The number of nitrogens with one attached hydrogen (secondary N) is 2. The fourth-order valence-electron chi connectivity index (χ4n) is 5.06. The lowest BCUT2D eigenvalue weighted by atomic mass is 9.95. The fourth-order valence-corrected chi connectivity index (χ4v) is 5.06. The number of aromatic nitrogens is 1. The normalized spacial score (nSPS) is 19.6. The second kappa shape index (κ2) is 8.58. The quantitative estimate of drug-likeness (QED) is 0.615. The van der Waals surface area contributed by atoms with Gasteiger partial charge in [0.25, 0.3) is 0 Å². The molecule has 1 aliphatic heterocycles. The lowest BCUT2D eigenvalue weighted by molar-refractivity contribution is -0.138. The molecule has 3 aromatic rings. The molecule has 0 radical (unpaired) electrons. The highest BCUT2D eigenvalue weighted by molar-refractivity contribution is 5.94. The summed E-state index contributed by atoms with van der Waals surface area (Å²) in [6.07, 6.45) is 6.05. The van der Waals surface area contributed by atoms with E-state index >= 15 is 0 Å². The Hall–Kier alpha value is -3.08. The van der Waals surface area contributed by atoms with Gasteiger partial charge in [-0.2, -0.15) is 0 Å². The lowest BCUT2D eigenvalue weighted by Gasteiger charge is -2.33. The first kappa shape index (κ1) is 19.9. The second-order valence-electron chi connectivity index (χ2n) is 8.95. The maximum atomic E-state index is 13.0. The zero-order chi connectivity index (χ0) is 21.2. The number of anilines is 1. The monoisotopic (exact) mass is 415 g/mol. The number of carbonyl (C=O) groups is 2. The summed E-state index contributed by atoms with van der Waals surface area (Å²) in [4.78, 5) is 31.2. The minimum Gasteiger partial charge on any atom is -0.355 e. The van der Waals surface area contributed by atoms with Gasteiger partial charge in [-0.3, -0.25) is 9.59 Å². The van der Waals surface area contributed by atoms with Gasteiger partial charge in [0.1, 0.15) is 0 Å². The number of nitrogens with zero attached hydrogens (tertiary/aromatic N) is 1. The van der Waals surface area contributed by atoms with Gasteiger partial charge in [0.2, 0.25) is 11.8 Å². The summed E-state index contributed by atoms with van der Waals surface area (Å²) in [5.74, 6) is 0.305. The van der Waals surface area contributed by atoms with Crippen LogP contribution in [0.2, 0.25) is 0 Å². The average Bonchev–Trinajstić information content (AvgIpc) is 3.49. The highest BCUT2D eigenvalue weighted by Crippen LogP contribution is 2.30. The Morgan fingerprint density at radius 3 is 2.55 bits per heavy atom. The minimum absolute atomic E-state index is 0.0118. The molecule has 2 fully saturated rings. The third kappa shape index (κ3) is 4.22. The van der Waals surface area contributed by atoms with Crippen molar-refractivity contribution in [1.82, 2.24) is 9.88 Å². The fraction of sp³-hybridized carbons (Fsp3) is 0.385. The standard InChI is InChI=1S/C26H29N3O2/c30-25(21-11-6-14-29(17-21)26(31)18-7-1-2-8-18)27-22-12-5-10-19(15-22)24-16-20-9-3-4-13-23(20)28-24/h3-5,9-10,12-13,15-16,18,21,28H,1-2,6-8,11,14,17H2,(H,27,30)/t21-/m1/s1. The lowest BCUT2D eigenvalue weighted by Crippen LogP contribution is -2.45. The molecule has 1 aliphatic carbocycles. The summed E-state index contributed by atoms with van der Waals surface area (Å²) in [6, 6.07) is 18.3. The van der Waals surface area contributed by atoms with E-state index in [1.807, 2.05) is 41.3 Å². The van der Waals surface area contributed by atoms with Crippen molar-refractivity contribution in [3.63, 3.8) is 0 Å². The summed E-state index contributed by atoms with van der Waals surface area (Å²) in [6.45, 7) is 1.33. The van der Waals surface area contributed by atoms with E-state index in [9.17, 15) is 9.59 Å². The summed E-state index contributed by atoms with van der Waals surface area (Å²) in [7, 11) is 0. The highest BCUT2D eigenvalue weighted by Gasteiger charge is 2.33. The van der Waals surface area contributed by atoms with Crippen molar-refractivity contribution in [2.45, 2.75) is 38.5 Å².